The Kier molecular flexibility index (Phi) is 4.18. The summed E-state index contributed by atoms with van der Waals surface area (Å²) in [5.41, 5.74) is -1.06. The van der Waals surface area contributed by atoms with Crippen LogP contribution in [0.4, 0.5) is 0 Å². The lowest BCUT2D eigenvalue weighted by Gasteiger charge is -2.40. The van der Waals surface area contributed by atoms with Crippen LogP contribution in [0, 0.1) is 0 Å². The topological polar surface area (TPSA) is 102 Å². The van der Waals surface area contributed by atoms with Gasteiger partial charge in [-0.2, -0.15) is 9.40 Å². The lowest BCUT2D eigenvalue weighted by atomic mass is 9.89. The number of sulfonamides is 1. The molecular formula is C14H20N6O3S. The average molecular weight is 352 g/mol. The third kappa shape index (κ3) is 2.61. The molecule has 1 unspecified atom stereocenters. The summed E-state index contributed by atoms with van der Waals surface area (Å²) in [6.45, 7) is 0.367. The average Bonchev–Trinajstić information content (AvgIpc) is 3.26. The van der Waals surface area contributed by atoms with Crippen LogP contribution < -0.4 is 5.32 Å². The van der Waals surface area contributed by atoms with Gasteiger partial charge in [0.2, 0.25) is 5.91 Å². The van der Waals surface area contributed by atoms with Crippen molar-refractivity contribution in [2.24, 2.45) is 7.05 Å². The summed E-state index contributed by atoms with van der Waals surface area (Å²) < 4.78 is 30.2. The highest BCUT2D eigenvalue weighted by molar-refractivity contribution is 7.89. The normalized spacial score (nSPS) is 22.4. The molecule has 2 aromatic rings. The summed E-state index contributed by atoms with van der Waals surface area (Å²) in [4.78, 5) is 16.5. The Morgan fingerprint density at radius 3 is 2.79 bits per heavy atom. The van der Waals surface area contributed by atoms with E-state index in [0.29, 0.717) is 19.4 Å². The van der Waals surface area contributed by atoms with Gasteiger partial charge in [0.15, 0.2) is 10.6 Å². The Bertz CT molecular complexity index is 829. The summed E-state index contributed by atoms with van der Waals surface area (Å²) >= 11 is 0. The van der Waals surface area contributed by atoms with E-state index in [1.165, 1.54) is 16.8 Å². The van der Waals surface area contributed by atoms with Gasteiger partial charge in [0.05, 0.1) is 6.33 Å². The highest BCUT2D eigenvalue weighted by atomic mass is 32.2. The standard InChI is InChI=1S/C14H20N6O3S/c1-15-13(21)14(20-8-4-6-17-20)5-3-7-19(10-14)24(22,23)12-9-18(2)11-16-12/h4,6,8-9,11H,3,5,7,10H2,1-2H3,(H,15,21). The molecule has 0 aromatic carbocycles. The first kappa shape index (κ1) is 16.7. The summed E-state index contributed by atoms with van der Waals surface area (Å²) in [7, 11) is -0.514. The molecule has 1 aliphatic rings. The van der Waals surface area contributed by atoms with Gasteiger partial charge in [-0.25, -0.2) is 13.4 Å². The molecule has 0 saturated carbocycles. The largest absolute Gasteiger partial charge is 0.357 e. The minimum atomic E-state index is -3.76. The first-order valence-electron chi connectivity index (χ1n) is 7.60. The third-order valence-electron chi connectivity index (χ3n) is 4.31. The lowest BCUT2D eigenvalue weighted by Crippen LogP contribution is -2.59. The molecule has 3 heterocycles. The van der Waals surface area contributed by atoms with Gasteiger partial charge in [0, 0.05) is 45.8 Å². The van der Waals surface area contributed by atoms with Gasteiger partial charge >= 0.3 is 0 Å². The Balaban J connectivity index is 1.99. The molecule has 1 atom stereocenters. The first-order valence-corrected chi connectivity index (χ1v) is 9.04. The predicted molar refractivity (Wildman–Crippen MR) is 85.5 cm³/mol. The van der Waals surface area contributed by atoms with E-state index >= 15 is 0 Å². The zero-order valence-electron chi connectivity index (χ0n) is 13.6. The molecule has 0 bridgehead atoms. The van der Waals surface area contributed by atoms with Crippen molar-refractivity contribution in [1.82, 2.24) is 29.0 Å². The number of piperidine rings is 1. The SMILES string of the molecule is CNC(=O)C1(n2cccn2)CCCN(S(=O)(=O)c2cn(C)cn2)C1. The van der Waals surface area contributed by atoms with E-state index in [1.54, 1.807) is 41.8 Å². The van der Waals surface area contributed by atoms with Gasteiger partial charge < -0.3 is 9.88 Å². The molecule has 9 nitrogen and oxygen atoms in total. The van der Waals surface area contributed by atoms with Crippen molar-refractivity contribution in [1.29, 1.82) is 0 Å². The number of aryl methyl sites for hydroxylation is 1. The molecule has 0 radical (unpaired) electrons. The molecule has 1 fully saturated rings. The summed E-state index contributed by atoms with van der Waals surface area (Å²) in [5.74, 6) is -0.257. The highest BCUT2D eigenvalue weighted by Gasteiger charge is 2.47. The quantitative estimate of drug-likeness (QED) is 0.802. The molecule has 3 rings (SSSR count). The van der Waals surface area contributed by atoms with E-state index in [0.717, 1.165) is 0 Å². The Hall–Kier alpha value is -2.20. The predicted octanol–water partition coefficient (Wildman–Crippen LogP) is -0.457. The maximum Gasteiger partial charge on any atom is 0.262 e. The van der Waals surface area contributed by atoms with Crippen molar-refractivity contribution in [3.05, 3.63) is 31.0 Å². The fourth-order valence-electron chi connectivity index (χ4n) is 3.09. The van der Waals surface area contributed by atoms with Gasteiger partial charge in [-0.1, -0.05) is 0 Å². The van der Waals surface area contributed by atoms with Crippen LogP contribution in [0.3, 0.4) is 0 Å². The fourth-order valence-corrected chi connectivity index (χ4v) is 4.59. The zero-order valence-corrected chi connectivity index (χ0v) is 14.4. The van der Waals surface area contributed by atoms with Crippen LogP contribution in [0.2, 0.25) is 0 Å². The molecule has 130 valence electrons. The second kappa shape index (κ2) is 6.02. The molecule has 10 heteroatoms. The highest BCUT2D eigenvalue weighted by Crippen LogP contribution is 2.31. The Morgan fingerprint density at radius 2 is 2.21 bits per heavy atom. The van der Waals surface area contributed by atoms with Crippen LogP contribution in [-0.2, 0) is 27.4 Å². The number of amides is 1. The molecule has 24 heavy (non-hydrogen) atoms. The van der Waals surface area contributed by atoms with E-state index in [2.05, 4.69) is 15.4 Å². The second-order valence-corrected chi connectivity index (χ2v) is 7.77. The van der Waals surface area contributed by atoms with Crippen molar-refractivity contribution in [2.75, 3.05) is 20.1 Å². The number of nitrogens with zero attached hydrogens (tertiary/aromatic N) is 5. The monoisotopic (exact) mass is 352 g/mol. The van der Waals surface area contributed by atoms with Crippen molar-refractivity contribution < 1.29 is 13.2 Å². The lowest BCUT2D eigenvalue weighted by molar-refractivity contribution is -0.132. The summed E-state index contributed by atoms with van der Waals surface area (Å²) in [6, 6.07) is 1.72. The molecule has 0 spiro atoms. The van der Waals surface area contributed by atoms with Gasteiger partial charge in [-0.15, -0.1) is 0 Å². The van der Waals surface area contributed by atoms with E-state index in [4.69, 9.17) is 0 Å². The smallest absolute Gasteiger partial charge is 0.262 e. The molecule has 1 N–H and O–H groups in total. The number of likely N-dealkylation sites (N-methyl/N-ethyl adjacent to an activating group) is 1. The summed E-state index contributed by atoms with van der Waals surface area (Å²) in [6.07, 6.45) is 7.24. The fraction of sp³-hybridized carbons (Fsp3) is 0.500. The van der Waals surface area contributed by atoms with E-state index < -0.39 is 15.6 Å². The maximum absolute atomic E-state index is 12.9. The molecule has 1 saturated heterocycles. The molecule has 1 amide bonds. The van der Waals surface area contributed by atoms with Crippen LogP contribution in [0.15, 0.2) is 36.0 Å². The number of carbonyl (C=O) groups is 1. The molecular weight excluding hydrogens is 332 g/mol. The first-order chi connectivity index (χ1) is 11.4. The number of carbonyl (C=O) groups excluding carboxylic acids is 1. The number of hydrogen-bond acceptors (Lipinski definition) is 5. The zero-order chi connectivity index (χ0) is 17.4. The van der Waals surface area contributed by atoms with Gasteiger partial charge in [0.1, 0.15) is 0 Å². The number of aromatic nitrogens is 4. The maximum atomic E-state index is 12.9. The Labute approximate surface area is 140 Å². The van der Waals surface area contributed by atoms with Gasteiger partial charge in [-0.05, 0) is 18.9 Å². The van der Waals surface area contributed by atoms with Crippen LogP contribution in [-0.4, -0.2) is 58.1 Å². The number of nitrogens with one attached hydrogen (secondary N) is 1. The third-order valence-corrected chi connectivity index (χ3v) is 6.04. The molecule has 0 aliphatic carbocycles. The van der Waals surface area contributed by atoms with Crippen molar-refractivity contribution in [3.63, 3.8) is 0 Å². The number of imidazole rings is 1. The van der Waals surface area contributed by atoms with Crippen molar-refractivity contribution in [2.45, 2.75) is 23.4 Å². The molecule has 2 aromatic heterocycles. The van der Waals surface area contributed by atoms with Crippen LogP contribution >= 0.6 is 0 Å². The van der Waals surface area contributed by atoms with Gasteiger partial charge in [-0.3, -0.25) is 9.48 Å². The minimum Gasteiger partial charge on any atom is -0.357 e. The van der Waals surface area contributed by atoms with Crippen LogP contribution in [0.1, 0.15) is 12.8 Å². The minimum absolute atomic E-state index is 0.0156. The second-order valence-electron chi connectivity index (χ2n) is 5.88. The van der Waals surface area contributed by atoms with E-state index in [9.17, 15) is 13.2 Å². The van der Waals surface area contributed by atoms with Crippen molar-refractivity contribution >= 4 is 15.9 Å². The van der Waals surface area contributed by atoms with Crippen LogP contribution in [0.25, 0.3) is 0 Å². The summed E-state index contributed by atoms with van der Waals surface area (Å²) in [5, 5.41) is 6.81. The van der Waals surface area contributed by atoms with E-state index in [-0.39, 0.29) is 17.5 Å². The van der Waals surface area contributed by atoms with Crippen LogP contribution in [0.5, 0.6) is 0 Å². The number of rotatable bonds is 4. The van der Waals surface area contributed by atoms with E-state index in [1.807, 2.05) is 0 Å². The Morgan fingerprint density at radius 1 is 1.42 bits per heavy atom. The number of hydrogen-bond donors (Lipinski definition) is 1. The van der Waals surface area contributed by atoms with Gasteiger partial charge in [0.25, 0.3) is 10.0 Å². The molecule has 1 aliphatic heterocycles. The van der Waals surface area contributed by atoms with Crippen molar-refractivity contribution in [3.8, 4) is 0 Å².